The first-order valence-electron chi connectivity index (χ1n) is 7.30. The SMILES string of the molecule is CCOC(=O)c1ccc(OCC(=O)NC(CC)CC)cc1. The summed E-state index contributed by atoms with van der Waals surface area (Å²) in [4.78, 5) is 23.2. The monoisotopic (exact) mass is 293 g/mol. The number of hydrogen-bond acceptors (Lipinski definition) is 4. The highest BCUT2D eigenvalue weighted by molar-refractivity contribution is 5.89. The Morgan fingerprint density at radius 3 is 2.24 bits per heavy atom. The van der Waals surface area contributed by atoms with E-state index in [2.05, 4.69) is 5.32 Å². The molecule has 1 N–H and O–H groups in total. The minimum atomic E-state index is -0.365. The lowest BCUT2D eigenvalue weighted by atomic mass is 10.2. The Kier molecular flexibility index (Phi) is 7.29. The second kappa shape index (κ2) is 9.00. The van der Waals surface area contributed by atoms with Gasteiger partial charge in [-0.25, -0.2) is 4.79 Å². The van der Waals surface area contributed by atoms with Crippen LogP contribution in [0, 0.1) is 0 Å². The summed E-state index contributed by atoms with van der Waals surface area (Å²) < 4.78 is 10.3. The molecule has 1 rings (SSSR count). The van der Waals surface area contributed by atoms with Crippen LogP contribution in [-0.4, -0.2) is 31.1 Å². The number of nitrogens with one attached hydrogen (secondary N) is 1. The van der Waals surface area contributed by atoms with E-state index < -0.39 is 0 Å². The predicted octanol–water partition coefficient (Wildman–Crippen LogP) is 2.55. The van der Waals surface area contributed by atoms with Crippen LogP contribution in [0.5, 0.6) is 5.75 Å². The van der Waals surface area contributed by atoms with E-state index in [1.54, 1.807) is 31.2 Å². The molecule has 0 saturated heterocycles. The van der Waals surface area contributed by atoms with E-state index in [9.17, 15) is 9.59 Å². The average Bonchev–Trinajstić information content (AvgIpc) is 2.51. The Hall–Kier alpha value is -2.04. The molecule has 1 amide bonds. The summed E-state index contributed by atoms with van der Waals surface area (Å²) in [6.45, 7) is 6.13. The molecule has 0 aliphatic carbocycles. The summed E-state index contributed by atoms with van der Waals surface area (Å²) >= 11 is 0. The Morgan fingerprint density at radius 1 is 1.10 bits per heavy atom. The number of rotatable bonds is 8. The molecular weight excluding hydrogens is 270 g/mol. The van der Waals surface area contributed by atoms with Crippen molar-refractivity contribution < 1.29 is 19.1 Å². The highest BCUT2D eigenvalue weighted by atomic mass is 16.5. The van der Waals surface area contributed by atoms with Gasteiger partial charge in [0.1, 0.15) is 5.75 Å². The maximum atomic E-state index is 11.7. The van der Waals surface area contributed by atoms with Crippen LogP contribution in [0.3, 0.4) is 0 Å². The second-order valence-electron chi connectivity index (χ2n) is 4.61. The average molecular weight is 293 g/mol. The Labute approximate surface area is 125 Å². The Bertz CT molecular complexity index is 452. The van der Waals surface area contributed by atoms with E-state index in [-0.39, 0.29) is 24.5 Å². The lowest BCUT2D eigenvalue weighted by Gasteiger charge is -2.15. The van der Waals surface area contributed by atoms with Crippen molar-refractivity contribution in [1.82, 2.24) is 5.32 Å². The maximum absolute atomic E-state index is 11.7. The topological polar surface area (TPSA) is 64.6 Å². The molecule has 1 aromatic rings. The minimum absolute atomic E-state index is 0.0325. The molecule has 0 spiro atoms. The third-order valence-corrected chi connectivity index (χ3v) is 3.09. The Morgan fingerprint density at radius 2 is 1.71 bits per heavy atom. The van der Waals surface area contributed by atoms with Crippen LogP contribution in [0.15, 0.2) is 24.3 Å². The third kappa shape index (κ3) is 5.85. The predicted molar refractivity (Wildman–Crippen MR) is 80.4 cm³/mol. The summed E-state index contributed by atoms with van der Waals surface area (Å²) in [7, 11) is 0. The molecule has 0 bridgehead atoms. The number of ether oxygens (including phenoxy) is 2. The van der Waals surface area contributed by atoms with Crippen LogP contribution < -0.4 is 10.1 Å². The molecule has 0 heterocycles. The van der Waals surface area contributed by atoms with Gasteiger partial charge in [0, 0.05) is 6.04 Å². The van der Waals surface area contributed by atoms with Gasteiger partial charge in [-0.3, -0.25) is 4.79 Å². The maximum Gasteiger partial charge on any atom is 0.338 e. The fourth-order valence-electron chi connectivity index (χ4n) is 1.81. The lowest BCUT2D eigenvalue weighted by molar-refractivity contribution is -0.123. The Balaban J connectivity index is 2.45. The molecule has 0 aliphatic rings. The van der Waals surface area contributed by atoms with Crippen LogP contribution in [0.2, 0.25) is 0 Å². The quantitative estimate of drug-likeness (QED) is 0.748. The molecule has 116 valence electrons. The number of esters is 1. The van der Waals surface area contributed by atoms with Gasteiger partial charge in [0.25, 0.3) is 5.91 Å². The van der Waals surface area contributed by atoms with Gasteiger partial charge in [-0.1, -0.05) is 13.8 Å². The van der Waals surface area contributed by atoms with Crippen molar-refractivity contribution in [3.8, 4) is 5.75 Å². The van der Waals surface area contributed by atoms with Gasteiger partial charge in [0.15, 0.2) is 6.61 Å². The molecule has 0 saturated carbocycles. The molecule has 5 heteroatoms. The van der Waals surface area contributed by atoms with E-state index >= 15 is 0 Å². The molecule has 5 nitrogen and oxygen atoms in total. The first-order chi connectivity index (χ1) is 10.1. The number of benzene rings is 1. The number of carbonyl (C=O) groups excluding carboxylic acids is 2. The summed E-state index contributed by atoms with van der Waals surface area (Å²) in [5.74, 6) is 0.0384. The van der Waals surface area contributed by atoms with E-state index in [1.807, 2.05) is 13.8 Å². The first-order valence-corrected chi connectivity index (χ1v) is 7.30. The highest BCUT2D eigenvalue weighted by Gasteiger charge is 2.09. The van der Waals surface area contributed by atoms with E-state index in [4.69, 9.17) is 9.47 Å². The fraction of sp³-hybridized carbons (Fsp3) is 0.500. The molecule has 0 aliphatic heterocycles. The zero-order valence-electron chi connectivity index (χ0n) is 12.8. The molecule has 0 fully saturated rings. The van der Waals surface area contributed by atoms with Crippen LogP contribution in [0.25, 0.3) is 0 Å². The first kappa shape index (κ1) is 17.0. The van der Waals surface area contributed by atoms with Crippen LogP contribution >= 0.6 is 0 Å². The minimum Gasteiger partial charge on any atom is -0.484 e. The molecule has 0 unspecified atom stereocenters. The smallest absolute Gasteiger partial charge is 0.338 e. The molecular formula is C16H23NO4. The second-order valence-corrected chi connectivity index (χ2v) is 4.61. The van der Waals surface area contributed by atoms with Crippen LogP contribution in [0.4, 0.5) is 0 Å². The van der Waals surface area contributed by atoms with Crippen LogP contribution in [0.1, 0.15) is 44.0 Å². The van der Waals surface area contributed by atoms with Gasteiger partial charge in [-0.05, 0) is 44.0 Å². The van der Waals surface area contributed by atoms with Crippen LogP contribution in [-0.2, 0) is 9.53 Å². The zero-order chi connectivity index (χ0) is 15.7. The van der Waals surface area contributed by atoms with Crippen molar-refractivity contribution in [2.45, 2.75) is 39.7 Å². The third-order valence-electron chi connectivity index (χ3n) is 3.09. The molecule has 0 radical (unpaired) electrons. The normalized spacial score (nSPS) is 10.3. The van der Waals surface area contributed by atoms with Gasteiger partial charge >= 0.3 is 5.97 Å². The number of carbonyl (C=O) groups is 2. The summed E-state index contributed by atoms with van der Waals surface area (Å²) in [5, 5.41) is 2.89. The summed E-state index contributed by atoms with van der Waals surface area (Å²) in [5.41, 5.74) is 0.464. The van der Waals surface area contributed by atoms with Crippen molar-refractivity contribution >= 4 is 11.9 Å². The molecule has 21 heavy (non-hydrogen) atoms. The van der Waals surface area contributed by atoms with Crippen molar-refractivity contribution in [3.05, 3.63) is 29.8 Å². The standard InChI is InChI=1S/C16H23NO4/c1-4-13(5-2)17-15(18)11-21-14-9-7-12(8-10-14)16(19)20-6-3/h7-10,13H,4-6,11H2,1-3H3,(H,17,18). The van der Waals surface area contributed by atoms with Crippen molar-refractivity contribution in [1.29, 1.82) is 0 Å². The summed E-state index contributed by atoms with van der Waals surface area (Å²) in [6, 6.07) is 6.72. The van der Waals surface area contributed by atoms with E-state index in [0.29, 0.717) is 17.9 Å². The summed E-state index contributed by atoms with van der Waals surface area (Å²) in [6.07, 6.45) is 1.80. The van der Waals surface area contributed by atoms with Gasteiger partial charge in [0.05, 0.1) is 12.2 Å². The van der Waals surface area contributed by atoms with Crippen molar-refractivity contribution in [2.24, 2.45) is 0 Å². The van der Waals surface area contributed by atoms with Gasteiger partial charge in [0.2, 0.25) is 0 Å². The van der Waals surface area contributed by atoms with Crippen molar-refractivity contribution in [3.63, 3.8) is 0 Å². The number of amides is 1. The molecule has 0 atom stereocenters. The van der Waals surface area contributed by atoms with Gasteiger partial charge in [-0.2, -0.15) is 0 Å². The lowest BCUT2D eigenvalue weighted by Crippen LogP contribution is -2.37. The molecule has 1 aromatic carbocycles. The zero-order valence-corrected chi connectivity index (χ0v) is 12.8. The largest absolute Gasteiger partial charge is 0.484 e. The highest BCUT2D eigenvalue weighted by Crippen LogP contribution is 2.13. The van der Waals surface area contributed by atoms with Crippen molar-refractivity contribution in [2.75, 3.05) is 13.2 Å². The van der Waals surface area contributed by atoms with E-state index in [1.165, 1.54) is 0 Å². The van der Waals surface area contributed by atoms with E-state index in [0.717, 1.165) is 12.8 Å². The number of hydrogen-bond donors (Lipinski definition) is 1. The fourth-order valence-corrected chi connectivity index (χ4v) is 1.81. The van der Waals surface area contributed by atoms with Gasteiger partial charge < -0.3 is 14.8 Å². The molecule has 0 aromatic heterocycles. The van der Waals surface area contributed by atoms with Gasteiger partial charge in [-0.15, -0.1) is 0 Å².